The van der Waals surface area contributed by atoms with Crippen molar-refractivity contribution >= 4 is 34.4 Å². The number of pyridine rings is 1. The number of para-hydroxylation sites is 1. The Balaban J connectivity index is 1.70. The van der Waals surface area contributed by atoms with Crippen LogP contribution < -0.4 is 5.43 Å². The van der Waals surface area contributed by atoms with Gasteiger partial charge in [-0.25, -0.2) is 10.4 Å². The highest BCUT2D eigenvalue weighted by Crippen LogP contribution is 2.28. The second-order valence-electron chi connectivity index (χ2n) is 8.11. The second kappa shape index (κ2) is 8.20. The third-order valence-electron chi connectivity index (χ3n) is 4.91. The fourth-order valence-corrected chi connectivity index (χ4v) is 3.82. The molecule has 0 radical (unpaired) electrons. The van der Waals surface area contributed by atoms with Crippen LogP contribution in [0.25, 0.3) is 22.2 Å². The minimum Gasteiger partial charge on any atom is -0.267 e. The highest BCUT2D eigenvalue weighted by molar-refractivity contribution is 7.11. The maximum atomic E-state index is 12.9. The van der Waals surface area contributed by atoms with Crippen molar-refractivity contribution in [3.8, 4) is 11.3 Å². The molecule has 1 amide bonds. The third-order valence-corrected chi connectivity index (χ3v) is 5.72. The Labute approximate surface area is 180 Å². The van der Waals surface area contributed by atoms with Crippen LogP contribution in [0.3, 0.4) is 0 Å². The zero-order chi connectivity index (χ0) is 21.1. The van der Waals surface area contributed by atoms with E-state index in [0.29, 0.717) is 5.56 Å². The van der Waals surface area contributed by atoms with Crippen molar-refractivity contribution in [1.29, 1.82) is 0 Å². The molecule has 0 aliphatic carbocycles. The fourth-order valence-electron chi connectivity index (χ4n) is 3.23. The lowest BCUT2D eigenvalue weighted by molar-refractivity contribution is 0.0956. The van der Waals surface area contributed by atoms with Crippen molar-refractivity contribution in [2.75, 3.05) is 0 Å². The van der Waals surface area contributed by atoms with Crippen molar-refractivity contribution in [2.24, 2.45) is 5.10 Å². The minimum absolute atomic E-state index is 0.0843. The van der Waals surface area contributed by atoms with Crippen LogP contribution in [0.15, 0.2) is 77.2 Å². The zero-order valence-electron chi connectivity index (χ0n) is 17.2. The number of carbonyl (C=O) groups is 1. The fraction of sp³-hybridized carbons (Fsp3) is 0.160. The van der Waals surface area contributed by atoms with Gasteiger partial charge in [0, 0.05) is 15.8 Å². The summed E-state index contributed by atoms with van der Waals surface area (Å²) < 4.78 is 0. The molecule has 2 aromatic heterocycles. The molecule has 0 fully saturated rings. The summed E-state index contributed by atoms with van der Waals surface area (Å²) in [6.45, 7) is 6.57. The SMILES string of the molecule is CC(C)(C)c1ccc(-c2cc(C(=O)NN=Cc3cccs3)c3ccccc3n2)cc1. The average molecular weight is 414 g/mol. The van der Waals surface area contributed by atoms with Crippen molar-refractivity contribution in [3.05, 3.63) is 88.1 Å². The summed E-state index contributed by atoms with van der Waals surface area (Å²) in [5.41, 5.74) is 7.06. The molecule has 0 atom stereocenters. The van der Waals surface area contributed by atoms with Crippen LogP contribution in [0.2, 0.25) is 0 Å². The second-order valence-corrected chi connectivity index (χ2v) is 9.09. The van der Waals surface area contributed by atoms with E-state index in [0.717, 1.165) is 27.0 Å². The molecule has 2 aromatic carbocycles. The third kappa shape index (κ3) is 4.31. The topological polar surface area (TPSA) is 54.4 Å². The van der Waals surface area contributed by atoms with E-state index < -0.39 is 0 Å². The molecule has 4 rings (SSSR count). The molecular weight excluding hydrogens is 390 g/mol. The van der Waals surface area contributed by atoms with E-state index in [1.165, 1.54) is 5.56 Å². The summed E-state index contributed by atoms with van der Waals surface area (Å²) in [6, 6.07) is 21.8. The van der Waals surface area contributed by atoms with E-state index in [9.17, 15) is 4.79 Å². The van der Waals surface area contributed by atoms with Crippen LogP contribution in [0.5, 0.6) is 0 Å². The number of hydrogen-bond donors (Lipinski definition) is 1. The number of nitrogens with zero attached hydrogens (tertiary/aromatic N) is 2. The Morgan fingerprint density at radius 2 is 1.80 bits per heavy atom. The lowest BCUT2D eigenvalue weighted by Crippen LogP contribution is -2.18. The molecule has 2 heterocycles. The first-order valence-electron chi connectivity index (χ1n) is 9.79. The van der Waals surface area contributed by atoms with Crippen LogP contribution >= 0.6 is 11.3 Å². The monoisotopic (exact) mass is 413 g/mol. The summed E-state index contributed by atoms with van der Waals surface area (Å²) in [6.07, 6.45) is 1.65. The van der Waals surface area contributed by atoms with Gasteiger partial charge in [0.05, 0.1) is 23.0 Å². The van der Waals surface area contributed by atoms with E-state index in [4.69, 9.17) is 4.98 Å². The molecule has 4 nitrogen and oxygen atoms in total. The number of hydrogen-bond acceptors (Lipinski definition) is 4. The van der Waals surface area contributed by atoms with Crippen LogP contribution in [0.1, 0.15) is 41.6 Å². The lowest BCUT2D eigenvalue weighted by atomic mass is 9.86. The van der Waals surface area contributed by atoms with Gasteiger partial charge in [-0.05, 0) is 34.6 Å². The van der Waals surface area contributed by atoms with Crippen molar-refractivity contribution in [3.63, 3.8) is 0 Å². The first kappa shape index (κ1) is 20.0. The Kier molecular flexibility index (Phi) is 5.46. The van der Waals surface area contributed by atoms with Crippen LogP contribution in [-0.2, 0) is 5.41 Å². The minimum atomic E-state index is -0.256. The number of hydrazone groups is 1. The largest absolute Gasteiger partial charge is 0.272 e. The Morgan fingerprint density at radius 1 is 1.03 bits per heavy atom. The number of fused-ring (bicyclic) bond motifs is 1. The van der Waals surface area contributed by atoms with Gasteiger partial charge in [0.25, 0.3) is 5.91 Å². The van der Waals surface area contributed by atoms with Gasteiger partial charge in [-0.15, -0.1) is 11.3 Å². The van der Waals surface area contributed by atoms with Crippen LogP contribution in [0.4, 0.5) is 0 Å². The number of thiophene rings is 1. The predicted molar refractivity (Wildman–Crippen MR) is 125 cm³/mol. The lowest BCUT2D eigenvalue weighted by Gasteiger charge is -2.19. The maximum Gasteiger partial charge on any atom is 0.272 e. The van der Waals surface area contributed by atoms with Crippen molar-refractivity contribution in [1.82, 2.24) is 10.4 Å². The van der Waals surface area contributed by atoms with Crippen molar-refractivity contribution in [2.45, 2.75) is 26.2 Å². The van der Waals surface area contributed by atoms with Gasteiger partial charge < -0.3 is 0 Å². The molecular formula is C25H23N3OS. The first-order chi connectivity index (χ1) is 14.4. The molecule has 0 aliphatic heterocycles. The molecule has 150 valence electrons. The van der Waals surface area contributed by atoms with Gasteiger partial charge >= 0.3 is 0 Å². The van der Waals surface area contributed by atoms with Gasteiger partial charge in [-0.2, -0.15) is 5.10 Å². The maximum absolute atomic E-state index is 12.9. The highest BCUT2D eigenvalue weighted by Gasteiger charge is 2.16. The predicted octanol–water partition coefficient (Wildman–Crippen LogP) is 6.02. The quantitative estimate of drug-likeness (QED) is 0.328. The Morgan fingerprint density at radius 3 is 2.50 bits per heavy atom. The van der Waals surface area contributed by atoms with E-state index in [-0.39, 0.29) is 11.3 Å². The average Bonchev–Trinajstić information content (AvgIpc) is 3.26. The van der Waals surface area contributed by atoms with Crippen molar-refractivity contribution < 1.29 is 4.79 Å². The Bertz CT molecular complexity index is 1200. The molecule has 4 aromatic rings. The molecule has 0 saturated carbocycles. The molecule has 30 heavy (non-hydrogen) atoms. The molecule has 5 heteroatoms. The standard InChI is InChI=1S/C25H23N3OS/c1-25(2,3)18-12-10-17(11-13-18)23-15-21(20-8-4-5-9-22(20)27-23)24(29)28-26-16-19-7-6-14-30-19/h4-16H,1-3H3,(H,28,29). The van der Waals surface area contributed by atoms with Gasteiger partial charge in [0.2, 0.25) is 0 Å². The summed E-state index contributed by atoms with van der Waals surface area (Å²) >= 11 is 1.56. The molecule has 0 bridgehead atoms. The van der Waals surface area contributed by atoms with E-state index in [1.807, 2.05) is 47.8 Å². The first-order valence-corrected chi connectivity index (χ1v) is 10.7. The smallest absolute Gasteiger partial charge is 0.267 e. The van der Waals surface area contributed by atoms with E-state index >= 15 is 0 Å². The number of benzene rings is 2. The summed E-state index contributed by atoms with van der Waals surface area (Å²) in [7, 11) is 0. The van der Waals surface area contributed by atoms with Crippen LogP contribution in [-0.4, -0.2) is 17.1 Å². The zero-order valence-corrected chi connectivity index (χ0v) is 18.0. The number of nitrogens with one attached hydrogen (secondary N) is 1. The van der Waals surface area contributed by atoms with E-state index in [1.54, 1.807) is 17.6 Å². The molecule has 0 unspecified atom stereocenters. The molecule has 0 spiro atoms. The Hall–Kier alpha value is -3.31. The number of carbonyl (C=O) groups excluding carboxylic acids is 1. The molecule has 0 aliphatic rings. The number of rotatable bonds is 4. The van der Waals surface area contributed by atoms with E-state index in [2.05, 4.69) is 55.6 Å². The summed E-state index contributed by atoms with van der Waals surface area (Å²) in [5, 5.41) is 6.87. The van der Waals surface area contributed by atoms with Crippen LogP contribution in [0, 0.1) is 0 Å². The van der Waals surface area contributed by atoms with Gasteiger partial charge in [0.15, 0.2) is 0 Å². The van der Waals surface area contributed by atoms with Gasteiger partial charge in [-0.3, -0.25) is 4.79 Å². The molecule has 1 N–H and O–H groups in total. The molecule has 0 saturated heterocycles. The normalized spacial score (nSPS) is 11.8. The van der Waals surface area contributed by atoms with Gasteiger partial charge in [0.1, 0.15) is 0 Å². The highest BCUT2D eigenvalue weighted by atomic mass is 32.1. The number of aromatic nitrogens is 1. The summed E-state index contributed by atoms with van der Waals surface area (Å²) in [4.78, 5) is 18.7. The van der Waals surface area contributed by atoms with Gasteiger partial charge in [-0.1, -0.05) is 69.3 Å². The number of amides is 1. The summed E-state index contributed by atoms with van der Waals surface area (Å²) in [5.74, 6) is -0.256.